The zero-order valence-electron chi connectivity index (χ0n) is 15.6. The molecule has 0 radical (unpaired) electrons. The Morgan fingerprint density at radius 3 is 2.66 bits per heavy atom. The van der Waals surface area contributed by atoms with Gasteiger partial charge in [0.25, 0.3) is 5.91 Å². The van der Waals surface area contributed by atoms with E-state index >= 15 is 0 Å². The van der Waals surface area contributed by atoms with Gasteiger partial charge in [0.1, 0.15) is 12.4 Å². The van der Waals surface area contributed by atoms with E-state index in [2.05, 4.69) is 19.4 Å². The fourth-order valence-electron chi connectivity index (χ4n) is 3.73. The van der Waals surface area contributed by atoms with Gasteiger partial charge in [0.05, 0.1) is 16.8 Å². The number of nitrogens with zero attached hydrogens (tertiary/aromatic N) is 2. The predicted octanol–water partition coefficient (Wildman–Crippen LogP) is 1.58. The molecule has 1 amide bonds. The Balaban J connectivity index is 1.55. The molecular formula is C19H21N5O4S. The normalized spacial score (nSPS) is 18.8. The molecule has 2 heterocycles. The Bertz CT molecular complexity index is 1060. The molecule has 0 unspecified atom stereocenters. The van der Waals surface area contributed by atoms with Crippen molar-refractivity contribution in [2.24, 2.45) is 10.1 Å². The van der Waals surface area contributed by atoms with Gasteiger partial charge in [0, 0.05) is 18.0 Å². The van der Waals surface area contributed by atoms with Crippen LogP contribution in [0.1, 0.15) is 41.6 Å². The Hall–Kier alpha value is -3.14. The smallest absolute Gasteiger partial charge is 0.344 e. The number of amides is 1. The third-order valence-electron chi connectivity index (χ3n) is 5.13. The van der Waals surface area contributed by atoms with E-state index in [0.717, 1.165) is 25.7 Å². The lowest BCUT2D eigenvalue weighted by molar-refractivity contribution is 0.0854. The minimum absolute atomic E-state index is 0.129. The van der Waals surface area contributed by atoms with Crippen molar-refractivity contribution in [3.05, 3.63) is 53.9 Å². The first kappa shape index (κ1) is 19.2. The molecule has 0 saturated heterocycles. The summed E-state index contributed by atoms with van der Waals surface area (Å²) in [6.45, 7) is 0.236. The number of pyridine rings is 1. The van der Waals surface area contributed by atoms with Crippen LogP contribution in [-0.4, -0.2) is 37.3 Å². The molecular weight excluding hydrogens is 394 g/mol. The van der Waals surface area contributed by atoms with Gasteiger partial charge in [-0.1, -0.05) is 18.9 Å². The zero-order chi connectivity index (χ0) is 20.5. The number of carbonyl (C=O) groups is 1. The van der Waals surface area contributed by atoms with Gasteiger partial charge in [0.2, 0.25) is 0 Å². The van der Waals surface area contributed by atoms with Crippen LogP contribution in [0.15, 0.2) is 47.1 Å². The maximum absolute atomic E-state index is 12.7. The first-order valence-electron chi connectivity index (χ1n) is 9.24. The second kappa shape index (κ2) is 7.36. The molecule has 1 saturated carbocycles. The van der Waals surface area contributed by atoms with Gasteiger partial charge in [-0.3, -0.25) is 14.5 Å². The van der Waals surface area contributed by atoms with Gasteiger partial charge in [-0.2, -0.15) is 8.42 Å². The first-order chi connectivity index (χ1) is 13.9. The number of carbonyl (C=O) groups excluding carboxylic acids is 1. The molecule has 1 aliphatic heterocycles. The van der Waals surface area contributed by atoms with Crippen LogP contribution in [-0.2, 0) is 10.2 Å². The van der Waals surface area contributed by atoms with Gasteiger partial charge in [-0.25, -0.2) is 0 Å². The van der Waals surface area contributed by atoms with Gasteiger partial charge in [-0.15, -0.1) is 4.40 Å². The Kier molecular flexibility index (Phi) is 4.87. The fraction of sp³-hybridized carbons (Fsp3) is 0.316. The van der Waals surface area contributed by atoms with E-state index in [9.17, 15) is 13.2 Å². The van der Waals surface area contributed by atoms with Gasteiger partial charge < -0.3 is 15.8 Å². The molecule has 2 aromatic rings. The number of benzene rings is 1. The lowest BCUT2D eigenvalue weighted by Gasteiger charge is -2.31. The lowest BCUT2D eigenvalue weighted by Crippen LogP contribution is -2.50. The van der Waals surface area contributed by atoms with Crippen LogP contribution in [0.2, 0.25) is 0 Å². The van der Waals surface area contributed by atoms with E-state index in [1.54, 1.807) is 42.7 Å². The number of nitrogens with two attached hydrogens (primary N) is 1. The van der Waals surface area contributed by atoms with Gasteiger partial charge >= 0.3 is 10.2 Å². The molecule has 2 aliphatic rings. The summed E-state index contributed by atoms with van der Waals surface area (Å²) in [5, 5.41) is 3.12. The highest BCUT2D eigenvalue weighted by Gasteiger charge is 2.37. The van der Waals surface area contributed by atoms with E-state index < -0.39 is 15.7 Å². The standard InChI is InChI=1S/C19H21N5O4S/c20-17-16-14(23-29(26,27)24-17)4-3-5-15(16)28-12-19(8-1-2-9-19)22-18(25)13-6-10-21-11-7-13/h3-7,10-11,23H,1-2,8-9,12H2,(H2,20,24)(H,22,25). The highest BCUT2D eigenvalue weighted by molar-refractivity contribution is 7.91. The molecule has 0 spiro atoms. The predicted molar refractivity (Wildman–Crippen MR) is 108 cm³/mol. The number of aromatic nitrogens is 1. The van der Waals surface area contributed by atoms with E-state index in [-0.39, 0.29) is 18.3 Å². The Morgan fingerprint density at radius 2 is 1.93 bits per heavy atom. The number of fused-ring (bicyclic) bond motifs is 1. The molecule has 29 heavy (non-hydrogen) atoms. The topological polar surface area (TPSA) is 136 Å². The van der Waals surface area contributed by atoms with Crippen molar-refractivity contribution in [3.63, 3.8) is 0 Å². The maximum Gasteiger partial charge on any atom is 0.344 e. The van der Waals surface area contributed by atoms with E-state index in [0.29, 0.717) is 22.6 Å². The van der Waals surface area contributed by atoms with Crippen LogP contribution in [0.5, 0.6) is 5.75 Å². The van der Waals surface area contributed by atoms with Gasteiger partial charge in [0.15, 0.2) is 5.84 Å². The number of nitrogens with one attached hydrogen (secondary N) is 2. The van der Waals surface area contributed by atoms with Crippen LogP contribution in [0.25, 0.3) is 0 Å². The molecule has 0 atom stereocenters. The maximum atomic E-state index is 12.7. The zero-order valence-corrected chi connectivity index (χ0v) is 16.4. The van der Waals surface area contributed by atoms with E-state index in [1.165, 1.54) is 0 Å². The summed E-state index contributed by atoms with van der Waals surface area (Å²) in [6.07, 6.45) is 6.69. The molecule has 1 aromatic carbocycles. The van der Waals surface area contributed by atoms with Gasteiger partial charge in [-0.05, 0) is 37.1 Å². The Labute approximate surface area is 168 Å². The minimum Gasteiger partial charge on any atom is -0.490 e. The number of amidine groups is 1. The first-order valence-corrected chi connectivity index (χ1v) is 10.7. The fourth-order valence-corrected chi connectivity index (χ4v) is 4.57. The third kappa shape index (κ3) is 4.02. The molecule has 9 nitrogen and oxygen atoms in total. The van der Waals surface area contributed by atoms with E-state index in [1.807, 2.05) is 0 Å². The largest absolute Gasteiger partial charge is 0.490 e. The van der Waals surface area contributed by atoms with Crippen molar-refractivity contribution < 1.29 is 17.9 Å². The highest BCUT2D eigenvalue weighted by Crippen LogP contribution is 2.34. The highest BCUT2D eigenvalue weighted by atomic mass is 32.2. The summed E-state index contributed by atoms with van der Waals surface area (Å²) in [5.41, 5.74) is 6.61. The second-order valence-corrected chi connectivity index (χ2v) is 8.54. The number of rotatable bonds is 5. The number of hydrogen-bond acceptors (Lipinski definition) is 6. The second-order valence-electron chi connectivity index (χ2n) is 7.20. The molecule has 1 fully saturated rings. The van der Waals surface area contributed by atoms with Crippen LogP contribution in [0, 0.1) is 0 Å². The number of hydrogen-bond donors (Lipinski definition) is 3. The van der Waals surface area contributed by atoms with Crippen molar-refractivity contribution in [2.45, 2.75) is 31.2 Å². The number of anilines is 1. The van der Waals surface area contributed by atoms with Crippen molar-refractivity contribution in [3.8, 4) is 5.75 Å². The molecule has 0 bridgehead atoms. The summed E-state index contributed by atoms with van der Waals surface area (Å²) in [5.74, 6) is 0.105. The van der Waals surface area contributed by atoms with Crippen LogP contribution < -0.4 is 20.5 Å². The van der Waals surface area contributed by atoms with Crippen LogP contribution in [0.4, 0.5) is 5.69 Å². The molecule has 1 aromatic heterocycles. The van der Waals surface area contributed by atoms with Crippen LogP contribution >= 0.6 is 0 Å². The van der Waals surface area contributed by atoms with Crippen molar-refractivity contribution in [1.82, 2.24) is 10.3 Å². The molecule has 4 N–H and O–H groups in total. The monoisotopic (exact) mass is 415 g/mol. The summed E-state index contributed by atoms with van der Waals surface area (Å²) < 4.78 is 35.4. The third-order valence-corrected chi connectivity index (χ3v) is 6.04. The SMILES string of the molecule is NC1=NS(=O)(=O)Nc2cccc(OCC3(NC(=O)c4ccncc4)CCCC3)c21. The minimum atomic E-state index is -3.86. The summed E-state index contributed by atoms with van der Waals surface area (Å²) in [7, 11) is -3.86. The van der Waals surface area contributed by atoms with E-state index in [4.69, 9.17) is 10.5 Å². The average molecular weight is 415 g/mol. The summed E-state index contributed by atoms with van der Waals surface area (Å²) in [4.78, 5) is 16.6. The number of ether oxygens (including phenoxy) is 1. The van der Waals surface area contributed by atoms with Crippen LogP contribution in [0.3, 0.4) is 0 Å². The Morgan fingerprint density at radius 1 is 1.21 bits per heavy atom. The lowest BCUT2D eigenvalue weighted by atomic mass is 9.98. The average Bonchev–Trinajstić information content (AvgIpc) is 3.14. The van der Waals surface area contributed by atoms with Crippen molar-refractivity contribution in [2.75, 3.05) is 11.3 Å². The van der Waals surface area contributed by atoms with Crippen molar-refractivity contribution in [1.29, 1.82) is 0 Å². The molecule has 4 rings (SSSR count). The molecule has 152 valence electrons. The summed E-state index contributed by atoms with van der Waals surface area (Å²) in [6, 6.07) is 8.30. The van der Waals surface area contributed by atoms with Crippen molar-refractivity contribution >= 4 is 27.6 Å². The molecule has 1 aliphatic carbocycles. The molecule has 10 heteroatoms. The quantitative estimate of drug-likeness (QED) is 0.678. The summed E-state index contributed by atoms with van der Waals surface area (Å²) >= 11 is 0.